The monoisotopic (exact) mass is 389 g/mol. The van der Waals surface area contributed by atoms with Gasteiger partial charge in [0.1, 0.15) is 23.9 Å². The molecule has 3 aromatic rings. The fraction of sp³-hybridized carbons (Fsp3) is 0.136. The summed E-state index contributed by atoms with van der Waals surface area (Å²) in [5.41, 5.74) is 2.01. The summed E-state index contributed by atoms with van der Waals surface area (Å²) in [6.45, 7) is 0.0699. The van der Waals surface area contributed by atoms with Crippen molar-refractivity contribution >= 4 is 34.5 Å². The topological polar surface area (TPSA) is 93.4 Å². The summed E-state index contributed by atoms with van der Waals surface area (Å²) < 4.78 is 11.5. The molecular weight excluding hydrogens is 370 g/mol. The van der Waals surface area contributed by atoms with Gasteiger partial charge in [0.2, 0.25) is 5.91 Å². The van der Waals surface area contributed by atoms with Crippen LogP contribution in [0.2, 0.25) is 0 Å². The zero-order chi connectivity index (χ0) is 20.8. The van der Waals surface area contributed by atoms with Crippen LogP contribution in [0.5, 0.6) is 5.75 Å². The lowest BCUT2D eigenvalue weighted by molar-refractivity contribution is -0.135. The van der Waals surface area contributed by atoms with Gasteiger partial charge in [0.25, 0.3) is 0 Å². The number of para-hydroxylation sites is 1. The summed E-state index contributed by atoms with van der Waals surface area (Å²) in [6.07, 6.45) is 3.20. The highest BCUT2D eigenvalue weighted by Crippen LogP contribution is 2.24. The van der Waals surface area contributed by atoms with Crippen LogP contribution >= 0.6 is 0 Å². The van der Waals surface area contributed by atoms with Gasteiger partial charge in [0.05, 0.1) is 14.2 Å². The number of nitriles is 1. The van der Waals surface area contributed by atoms with Gasteiger partial charge < -0.3 is 19.4 Å². The summed E-state index contributed by atoms with van der Waals surface area (Å²) in [4.78, 5) is 24.2. The van der Waals surface area contributed by atoms with Crippen LogP contribution in [0.4, 0.5) is 5.69 Å². The van der Waals surface area contributed by atoms with Gasteiger partial charge in [-0.15, -0.1) is 0 Å². The van der Waals surface area contributed by atoms with Gasteiger partial charge in [-0.25, -0.2) is 4.79 Å². The first-order chi connectivity index (χ1) is 14.0. The summed E-state index contributed by atoms with van der Waals surface area (Å²) in [6, 6.07) is 16.3. The average Bonchev–Trinajstić information content (AvgIpc) is 3.09. The highest BCUT2D eigenvalue weighted by Gasteiger charge is 2.14. The Bertz CT molecular complexity index is 1120. The van der Waals surface area contributed by atoms with Gasteiger partial charge >= 0.3 is 5.97 Å². The molecule has 0 fully saturated rings. The van der Waals surface area contributed by atoms with Gasteiger partial charge in [0.15, 0.2) is 0 Å². The SMILES string of the molecule is COC(=O)/C(C#N)=C/c1cn(CC(=O)Nc2ccc(OC)cc2)c2ccccc12. The number of methoxy groups -OCH3 is 2. The molecule has 0 unspecified atom stereocenters. The van der Waals surface area contributed by atoms with Crippen LogP contribution in [-0.2, 0) is 20.9 Å². The second-order valence-corrected chi connectivity index (χ2v) is 6.17. The molecule has 29 heavy (non-hydrogen) atoms. The summed E-state index contributed by atoms with van der Waals surface area (Å²) in [5.74, 6) is -0.212. The predicted octanol–water partition coefficient (Wildman–Crippen LogP) is 3.37. The number of ether oxygens (including phenoxy) is 2. The van der Waals surface area contributed by atoms with Crippen LogP contribution in [0.25, 0.3) is 17.0 Å². The lowest BCUT2D eigenvalue weighted by Gasteiger charge is -2.08. The van der Waals surface area contributed by atoms with E-state index in [0.717, 1.165) is 10.9 Å². The zero-order valence-corrected chi connectivity index (χ0v) is 16.0. The van der Waals surface area contributed by atoms with Crippen LogP contribution in [0.3, 0.4) is 0 Å². The molecule has 1 aromatic heterocycles. The molecule has 3 rings (SSSR count). The van der Waals surface area contributed by atoms with Crippen molar-refractivity contribution in [2.75, 3.05) is 19.5 Å². The van der Waals surface area contributed by atoms with E-state index in [1.807, 2.05) is 30.3 Å². The molecule has 0 aliphatic carbocycles. The van der Waals surface area contributed by atoms with Crippen molar-refractivity contribution in [2.45, 2.75) is 6.54 Å². The fourth-order valence-electron chi connectivity index (χ4n) is 2.95. The Morgan fingerprint density at radius 1 is 1.14 bits per heavy atom. The number of rotatable bonds is 6. The van der Waals surface area contributed by atoms with Crippen molar-refractivity contribution in [1.82, 2.24) is 4.57 Å². The third kappa shape index (κ3) is 4.45. The molecular formula is C22H19N3O4. The number of carbonyl (C=O) groups excluding carboxylic acids is 2. The van der Waals surface area contributed by atoms with E-state index in [-0.39, 0.29) is 18.0 Å². The second kappa shape index (κ2) is 8.76. The molecule has 0 bridgehead atoms. The van der Waals surface area contributed by atoms with E-state index in [1.54, 1.807) is 42.1 Å². The number of nitrogens with one attached hydrogen (secondary N) is 1. The predicted molar refractivity (Wildman–Crippen MR) is 109 cm³/mol. The molecule has 7 heteroatoms. The molecule has 0 radical (unpaired) electrons. The van der Waals surface area contributed by atoms with E-state index in [2.05, 4.69) is 10.1 Å². The standard InChI is InChI=1S/C22H19N3O4/c1-28-18-9-7-17(8-10-18)24-21(26)14-25-13-16(11-15(12-23)22(27)29-2)19-5-3-4-6-20(19)25/h3-11,13H,14H2,1-2H3,(H,24,26)/b15-11+. The van der Waals surface area contributed by atoms with Crippen molar-refractivity contribution in [3.63, 3.8) is 0 Å². The minimum Gasteiger partial charge on any atom is -0.497 e. The molecule has 2 aromatic carbocycles. The molecule has 0 spiro atoms. The lowest BCUT2D eigenvalue weighted by atomic mass is 10.1. The first-order valence-electron chi connectivity index (χ1n) is 8.77. The Hall–Kier alpha value is -4.05. The number of anilines is 1. The Kier molecular flexibility index (Phi) is 5.95. The number of carbonyl (C=O) groups is 2. The van der Waals surface area contributed by atoms with Gasteiger partial charge in [-0.1, -0.05) is 18.2 Å². The van der Waals surface area contributed by atoms with Gasteiger partial charge in [-0.2, -0.15) is 5.26 Å². The van der Waals surface area contributed by atoms with E-state index in [1.165, 1.54) is 13.2 Å². The molecule has 0 aliphatic rings. The van der Waals surface area contributed by atoms with E-state index in [0.29, 0.717) is 17.0 Å². The van der Waals surface area contributed by atoms with Crippen molar-refractivity contribution in [3.8, 4) is 11.8 Å². The van der Waals surface area contributed by atoms with E-state index in [9.17, 15) is 14.9 Å². The summed E-state index contributed by atoms with van der Waals surface area (Å²) >= 11 is 0. The minimum absolute atomic E-state index is 0.0699. The Balaban J connectivity index is 1.88. The molecule has 146 valence electrons. The van der Waals surface area contributed by atoms with Crippen LogP contribution < -0.4 is 10.1 Å². The van der Waals surface area contributed by atoms with E-state index >= 15 is 0 Å². The highest BCUT2D eigenvalue weighted by atomic mass is 16.5. The van der Waals surface area contributed by atoms with E-state index < -0.39 is 5.97 Å². The van der Waals surface area contributed by atoms with Crippen LogP contribution in [-0.4, -0.2) is 30.7 Å². The Labute approximate surface area is 167 Å². The molecule has 7 nitrogen and oxygen atoms in total. The van der Waals surface area contributed by atoms with Crippen molar-refractivity contribution in [1.29, 1.82) is 5.26 Å². The number of hydrogen-bond acceptors (Lipinski definition) is 5. The molecule has 0 saturated carbocycles. The van der Waals surface area contributed by atoms with Crippen molar-refractivity contribution in [2.24, 2.45) is 0 Å². The van der Waals surface area contributed by atoms with Gasteiger partial charge in [-0.05, 0) is 36.4 Å². The third-order valence-corrected chi connectivity index (χ3v) is 4.33. The first-order valence-corrected chi connectivity index (χ1v) is 8.77. The Morgan fingerprint density at radius 2 is 1.86 bits per heavy atom. The van der Waals surface area contributed by atoms with Crippen LogP contribution in [0, 0.1) is 11.3 Å². The number of benzene rings is 2. The van der Waals surface area contributed by atoms with Crippen LogP contribution in [0.15, 0.2) is 60.3 Å². The van der Waals surface area contributed by atoms with Crippen molar-refractivity contribution in [3.05, 3.63) is 65.9 Å². The number of hydrogen-bond donors (Lipinski definition) is 1. The molecule has 1 amide bonds. The number of esters is 1. The maximum Gasteiger partial charge on any atom is 0.348 e. The van der Waals surface area contributed by atoms with Crippen molar-refractivity contribution < 1.29 is 19.1 Å². The maximum absolute atomic E-state index is 12.5. The number of fused-ring (bicyclic) bond motifs is 1. The smallest absolute Gasteiger partial charge is 0.348 e. The summed E-state index contributed by atoms with van der Waals surface area (Å²) in [7, 11) is 2.80. The molecule has 1 N–H and O–H groups in total. The molecule has 0 aliphatic heterocycles. The minimum atomic E-state index is -0.707. The Morgan fingerprint density at radius 3 is 2.52 bits per heavy atom. The molecule has 0 atom stereocenters. The number of amides is 1. The largest absolute Gasteiger partial charge is 0.497 e. The van der Waals surface area contributed by atoms with E-state index in [4.69, 9.17) is 4.74 Å². The highest BCUT2D eigenvalue weighted by molar-refractivity contribution is 6.01. The quantitative estimate of drug-likeness (QED) is 0.396. The maximum atomic E-state index is 12.5. The number of nitrogens with zero attached hydrogens (tertiary/aromatic N) is 2. The summed E-state index contributed by atoms with van der Waals surface area (Å²) in [5, 5.41) is 12.9. The zero-order valence-electron chi connectivity index (χ0n) is 16.0. The molecule has 1 heterocycles. The third-order valence-electron chi connectivity index (χ3n) is 4.33. The molecule has 0 saturated heterocycles. The van der Waals surface area contributed by atoms with Gasteiger partial charge in [0, 0.05) is 28.4 Å². The second-order valence-electron chi connectivity index (χ2n) is 6.17. The number of aromatic nitrogens is 1. The fourth-order valence-corrected chi connectivity index (χ4v) is 2.95. The normalized spacial score (nSPS) is 11.0. The van der Waals surface area contributed by atoms with Crippen LogP contribution in [0.1, 0.15) is 5.56 Å². The first kappa shape index (κ1) is 19.7. The van der Waals surface area contributed by atoms with Gasteiger partial charge in [-0.3, -0.25) is 4.79 Å². The lowest BCUT2D eigenvalue weighted by Crippen LogP contribution is -2.18. The average molecular weight is 389 g/mol.